The third kappa shape index (κ3) is 1.99. The van der Waals surface area contributed by atoms with Crippen LogP contribution in [0.5, 0.6) is 0 Å². The third-order valence-corrected chi connectivity index (χ3v) is 2.42. The van der Waals surface area contributed by atoms with Crippen LogP contribution >= 0.6 is 22.6 Å². The van der Waals surface area contributed by atoms with Gasteiger partial charge >= 0.3 is 12.1 Å². The van der Waals surface area contributed by atoms with Crippen LogP contribution in [0.2, 0.25) is 0 Å². The van der Waals surface area contributed by atoms with E-state index in [1.165, 1.54) is 22.6 Å². The van der Waals surface area contributed by atoms with Crippen molar-refractivity contribution in [3.63, 3.8) is 0 Å². The number of nitrogens with one attached hydrogen (secondary N) is 1. The van der Waals surface area contributed by atoms with E-state index in [1.54, 1.807) is 5.10 Å². The van der Waals surface area contributed by atoms with Gasteiger partial charge < -0.3 is 4.74 Å². The van der Waals surface area contributed by atoms with Gasteiger partial charge in [0.25, 0.3) is 0 Å². The summed E-state index contributed by atoms with van der Waals surface area (Å²) >= 11 is 1.39. The van der Waals surface area contributed by atoms with Crippen molar-refractivity contribution in [1.82, 2.24) is 10.2 Å². The van der Waals surface area contributed by atoms with Gasteiger partial charge in [0, 0.05) is 0 Å². The maximum absolute atomic E-state index is 12.2. The molecule has 1 heterocycles. The molecule has 1 N–H and O–H groups in total. The van der Waals surface area contributed by atoms with E-state index in [4.69, 9.17) is 0 Å². The maximum Gasteiger partial charge on any atom is 0.433 e. The fourth-order valence-corrected chi connectivity index (χ4v) is 1.52. The Hall–Kier alpha value is -0.800. The standard InChI is InChI=1S/C6H4F3IN2O2/c1-14-5(13)3-2(10)4(12-11-3)6(7,8)9/h1H3,(H,11,12). The molecule has 0 spiro atoms. The van der Waals surface area contributed by atoms with Gasteiger partial charge in [0.2, 0.25) is 0 Å². The Morgan fingerprint density at radius 2 is 2.14 bits per heavy atom. The van der Waals surface area contributed by atoms with Crippen LogP contribution in [0.25, 0.3) is 0 Å². The minimum Gasteiger partial charge on any atom is -0.464 e. The highest BCUT2D eigenvalue weighted by atomic mass is 127. The smallest absolute Gasteiger partial charge is 0.433 e. The number of alkyl halides is 3. The lowest BCUT2D eigenvalue weighted by Crippen LogP contribution is -2.08. The molecule has 0 saturated carbocycles. The van der Waals surface area contributed by atoms with E-state index in [2.05, 4.69) is 9.84 Å². The first-order valence-corrected chi connectivity index (χ1v) is 4.35. The molecule has 0 aliphatic carbocycles. The highest BCUT2D eigenvalue weighted by molar-refractivity contribution is 14.1. The molecule has 0 bridgehead atoms. The monoisotopic (exact) mass is 320 g/mol. The molecule has 1 aromatic rings. The predicted molar refractivity (Wildman–Crippen MR) is 47.6 cm³/mol. The molecule has 0 aliphatic heterocycles. The Balaban J connectivity index is 3.15. The van der Waals surface area contributed by atoms with Crippen molar-refractivity contribution >= 4 is 28.6 Å². The minimum atomic E-state index is -4.55. The number of aromatic nitrogens is 2. The molecule has 0 aromatic carbocycles. The fourth-order valence-electron chi connectivity index (χ4n) is 0.748. The number of esters is 1. The van der Waals surface area contributed by atoms with Crippen molar-refractivity contribution in [2.45, 2.75) is 6.18 Å². The van der Waals surface area contributed by atoms with E-state index >= 15 is 0 Å². The largest absolute Gasteiger partial charge is 0.464 e. The number of aromatic amines is 1. The first-order valence-electron chi connectivity index (χ1n) is 3.27. The van der Waals surface area contributed by atoms with Crippen LogP contribution in [0.15, 0.2) is 0 Å². The summed E-state index contributed by atoms with van der Waals surface area (Å²) < 4.78 is 40.6. The summed E-state index contributed by atoms with van der Waals surface area (Å²) in [4.78, 5) is 10.9. The van der Waals surface area contributed by atoms with Crippen molar-refractivity contribution in [1.29, 1.82) is 0 Å². The number of ether oxygens (including phenoxy) is 1. The van der Waals surface area contributed by atoms with Crippen molar-refractivity contribution in [2.75, 3.05) is 7.11 Å². The van der Waals surface area contributed by atoms with Crippen LogP contribution in [0.4, 0.5) is 13.2 Å². The van der Waals surface area contributed by atoms with Gasteiger partial charge in [-0.05, 0) is 22.6 Å². The van der Waals surface area contributed by atoms with Gasteiger partial charge in [0.15, 0.2) is 11.4 Å². The molecule has 1 rings (SSSR count). The summed E-state index contributed by atoms with van der Waals surface area (Å²) in [5.41, 5.74) is -1.40. The molecule has 0 unspecified atom stereocenters. The Labute approximate surface area is 90.0 Å². The van der Waals surface area contributed by atoms with Crippen LogP contribution in [-0.4, -0.2) is 23.3 Å². The van der Waals surface area contributed by atoms with Gasteiger partial charge in [-0.2, -0.15) is 18.3 Å². The predicted octanol–water partition coefficient (Wildman–Crippen LogP) is 1.82. The van der Waals surface area contributed by atoms with E-state index in [-0.39, 0.29) is 9.26 Å². The highest BCUT2D eigenvalue weighted by Gasteiger charge is 2.37. The number of H-pyrrole nitrogens is 1. The van der Waals surface area contributed by atoms with E-state index in [0.717, 1.165) is 7.11 Å². The van der Waals surface area contributed by atoms with Gasteiger partial charge in [-0.3, -0.25) is 5.10 Å². The van der Waals surface area contributed by atoms with Crippen molar-refractivity contribution < 1.29 is 22.7 Å². The lowest BCUT2D eigenvalue weighted by molar-refractivity contribution is -0.141. The number of methoxy groups -OCH3 is 1. The molecular formula is C6H4F3IN2O2. The third-order valence-electron chi connectivity index (χ3n) is 1.37. The van der Waals surface area contributed by atoms with Gasteiger partial charge in [-0.1, -0.05) is 0 Å². The lowest BCUT2D eigenvalue weighted by atomic mass is 10.3. The lowest BCUT2D eigenvalue weighted by Gasteiger charge is -2.02. The topological polar surface area (TPSA) is 55.0 Å². The quantitative estimate of drug-likeness (QED) is 0.634. The summed E-state index contributed by atoms with van der Waals surface area (Å²) in [5.74, 6) is -0.902. The van der Waals surface area contributed by atoms with E-state index in [0.29, 0.717) is 0 Å². The Bertz CT molecular complexity index is 360. The average Bonchev–Trinajstić information content (AvgIpc) is 2.45. The summed E-state index contributed by atoms with van der Waals surface area (Å²) in [6.45, 7) is 0. The number of hydrogen-bond donors (Lipinski definition) is 1. The number of nitrogens with zero attached hydrogens (tertiary/aromatic N) is 1. The van der Waals surface area contributed by atoms with Gasteiger partial charge in [-0.15, -0.1) is 0 Å². The Morgan fingerprint density at radius 3 is 2.50 bits per heavy atom. The van der Waals surface area contributed by atoms with Gasteiger partial charge in [0.05, 0.1) is 10.7 Å². The summed E-state index contributed by atoms with van der Waals surface area (Å²) in [5, 5.41) is 4.97. The first-order chi connectivity index (χ1) is 6.38. The SMILES string of the molecule is COC(=O)c1n[nH]c(C(F)(F)F)c1I. The fraction of sp³-hybridized carbons (Fsp3) is 0.333. The van der Waals surface area contributed by atoms with E-state index in [1.807, 2.05) is 0 Å². The molecule has 0 radical (unpaired) electrons. The zero-order valence-electron chi connectivity index (χ0n) is 6.78. The second-order valence-corrected chi connectivity index (χ2v) is 3.33. The van der Waals surface area contributed by atoms with Crippen molar-refractivity contribution in [2.24, 2.45) is 0 Å². The zero-order valence-corrected chi connectivity index (χ0v) is 8.93. The molecule has 8 heteroatoms. The Kier molecular flexibility index (Phi) is 3.02. The van der Waals surface area contributed by atoms with Gasteiger partial charge in [0.1, 0.15) is 0 Å². The summed E-state index contributed by atoms with van der Waals surface area (Å²) in [6.07, 6.45) is -4.55. The molecule has 0 saturated heterocycles. The first kappa shape index (κ1) is 11.3. The van der Waals surface area contributed by atoms with E-state index < -0.39 is 17.8 Å². The zero-order chi connectivity index (χ0) is 10.9. The molecular weight excluding hydrogens is 316 g/mol. The molecule has 0 fully saturated rings. The molecule has 78 valence electrons. The average molecular weight is 320 g/mol. The van der Waals surface area contributed by atoms with Crippen LogP contribution < -0.4 is 0 Å². The molecule has 0 atom stereocenters. The molecule has 14 heavy (non-hydrogen) atoms. The van der Waals surface area contributed by atoms with Crippen molar-refractivity contribution in [3.05, 3.63) is 15.0 Å². The van der Waals surface area contributed by atoms with Crippen LogP contribution in [0, 0.1) is 3.57 Å². The number of halogens is 4. The van der Waals surface area contributed by atoms with Crippen molar-refractivity contribution in [3.8, 4) is 0 Å². The van der Waals surface area contributed by atoms with E-state index in [9.17, 15) is 18.0 Å². The normalized spacial score (nSPS) is 11.5. The molecule has 4 nitrogen and oxygen atoms in total. The summed E-state index contributed by atoms with van der Waals surface area (Å²) in [7, 11) is 1.07. The van der Waals surface area contributed by atoms with Crippen LogP contribution in [-0.2, 0) is 10.9 Å². The Morgan fingerprint density at radius 1 is 1.57 bits per heavy atom. The van der Waals surface area contributed by atoms with Gasteiger partial charge in [-0.25, -0.2) is 4.79 Å². The highest BCUT2D eigenvalue weighted by Crippen LogP contribution is 2.32. The second kappa shape index (κ2) is 3.75. The van der Waals surface area contributed by atoms with Crippen LogP contribution in [0.1, 0.15) is 16.2 Å². The number of carbonyl (C=O) groups is 1. The molecule has 0 amide bonds. The second-order valence-electron chi connectivity index (χ2n) is 2.25. The maximum atomic E-state index is 12.2. The van der Waals surface area contributed by atoms with Crippen LogP contribution in [0.3, 0.4) is 0 Å². The number of carbonyl (C=O) groups excluding carboxylic acids is 1. The molecule has 0 aliphatic rings. The minimum absolute atomic E-state index is 0.290. The summed E-state index contributed by atoms with van der Waals surface area (Å²) in [6, 6.07) is 0. The number of hydrogen-bond acceptors (Lipinski definition) is 3. The molecule has 1 aromatic heterocycles. The number of rotatable bonds is 1.